The molecule has 5 unspecified atom stereocenters. The van der Waals surface area contributed by atoms with Crippen LogP contribution >= 0.6 is 0 Å². The predicted octanol–water partition coefficient (Wildman–Crippen LogP) is 4.43. The third-order valence-corrected chi connectivity index (χ3v) is 5.77. The van der Waals surface area contributed by atoms with Crippen molar-refractivity contribution in [3.8, 4) is 5.75 Å². The summed E-state index contributed by atoms with van der Waals surface area (Å²) in [5.41, 5.74) is -0.784. The van der Waals surface area contributed by atoms with E-state index in [9.17, 15) is 33.3 Å². The molecule has 1 aliphatic rings. The maximum Gasteiger partial charge on any atom is 0.416 e. The van der Waals surface area contributed by atoms with E-state index in [1.165, 1.54) is 18.2 Å². The molecular formula is C26H35F3O6. The van der Waals surface area contributed by atoms with E-state index in [1.54, 1.807) is 19.9 Å². The standard InChI is InChI=1S/C26H35F3O6/c1-17(2)35-25(33)8-6-4-3-5-7-21-22(24(32)15-23(21)31)14-11-19(30)16-34-20-12-9-18(10-13-20)26(27,28)29/h3,5,9-14,17,19,21-24,30-32H,4,6-8,15-16H2,1-2H3/b5-3+,14-11+. The Hall–Kier alpha value is -2.36. The molecule has 1 aliphatic carbocycles. The molecule has 0 heterocycles. The van der Waals surface area contributed by atoms with Gasteiger partial charge in [-0.3, -0.25) is 4.79 Å². The van der Waals surface area contributed by atoms with Crippen molar-refractivity contribution in [1.29, 1.82) is 0 Å². The van der Waals surface area contributed by atoms with Crippen molar-refractivity contribution in [3.05, 3.63) is 54.1 Å². The van der Waals surface area contributed by atoms with Gasteiger partial charge in [0.05, 0.1) is 23.9 Å². The number of unbranched alkanes of at least 4 members (excludes halogenated alkanes) is 1. The average Bonchev–Trinajstić information content (AvgIpc) is 3.04. The van der Waals surface area contributed by atoms with Gasteiger partial charge in [-0.05, 0) is 63.3 Å². The van der Waals surface area contributed by atoms with Crippen LogP contribution in [0.1, 0.15) is 51.5 Å². The van der Waals surface area contributed by atoms with Gasteiger partial charge in [0.1, 0.15) is 18.5 Å². The second-order valence-electron chi connectivity index (χ2n) is 9.03. The number of aliphatic hydroxyl groups is 3. The van der Waals surface area contributed by atoms with Crippen LogP contribution in [0.25, 0.3) is 0 Å². The lowest BCUT2D eigenvalue weighted by atomic mass is 9.89. The van der Waals surface area contributed by atoms with Gasteiger partial charge in [0.15, 0.2) is 0 Å². The van der Waals surface area contributed by atoms with E-state index in [4.69, 9.17) is 9.47 Å². The summed E-state index contributed by atoms with van der Waals surface area (Å²) in [4.78, 5) is 11.5. The minimum atomic E-state index is -4.43. The quantitative estimate of drug-likeness (QED) is 0.223. The van der Waals surface area contributed by atoms with Gasteiger partial charge in [-0.1, -0.05) is 24.3 Å². The number of rotatable bonds is 12. The monoisotopic (exact) mass is 500 g/mol. The summed E-state index contributed by atoms with van der Waals surface area (Å²) in [7, 11) is 0. The summed E-state index contributed by atoms with van der Waals surface area (Å²) in [6.07, 6.45) is 2.38. The van der Waals surface area contributed by atoms with Gasteiger partial charge in [0.2, 0.25) is 0 Å². The zero-order valence-corrected chi connectivity index (χ0v) is 20.0. The molecular weight excluding hydrogens is 465 g/mol. The summed E-state index contributed by atoms with van der Waals surface area (Å²) in [6, 6.07) is 4.18. The summed E-state index contributed by atoms with van der Waals surface area (Å²) in [5, 5.41) is 30.8. The fraction of sp³-hybridized carbons (Fsp3) is 0.577. The normalized spacial score (nSPS) is 23.9. The maximum absolute atomic E-state index is 12.6. The first kappa shape index (κ1) is 28.9. The van der Waals surface area contributed by atoms with Crippen LogP contribution in [0.4, 0.5) is 13.2 Å². The zero-order valence-electron chi connectivity index (χ0n) is 20.0. The van der Waals surface area contributed by atoms with E-state index in [1.807, 2.05) is 12.2 Å². The molecule has 1 aromatic rings. The van der Waals surface area contributed by atoms with Crippen LogP contribution in [0.5, 0.6) is 5.75 Å². The van der Waals surface area contributed by atoms with Crippen LogP contribution in [0, 0.1) is 11.8 Å². The molecule has 1 fully saturated rings. The van der Waals surface area contributed by atoms with Crippen molar-refractivity contribution in [3.63, 3.8) is 0 Å². The molecule has 0 saturated heterocycles. The first-order chi connectivity index (χ1) is 16.5. The summed E-state index contributed by atoms with van der Waals surface area (Å²) in [6.45, 7) is 3.43. The molecule has 9 heteroatoms. The third-order valence-electron chi connectivity index (χ3n) is 5.77. The Balaban J connectivity index is 1.80. The molecule has 1 saturated carbocycles. The average molecular weight is 501 g/mol. The molecule has 0 amide bonds. The summed E-state index contributed by atoms with van der Waals surface area (Å²) in [5.74, 6) is -0.626. The molecule has 0 radical (unpaired) electrons. The first-order valence-electron chi connectivity index (χ1n) is 11.8. The molecule has 0 spiro atoms. The number of halogens is 3. The lowest BCUT2D eigenvalue weighted by Gasteiger charge is -2.19. The third kappa shape index (κ3) is 10.0. The minimum Gasteiger partial charge on any atom is -0.491 e. The lowest BCUT2D eigenvalue weighted by Crippen LogP contribution is -2.21. The largest absolute Gasteiger partial charge is 0.491 e. The van der Waals surface area contributed by atoms with E-state index in [0.717, 1.165) is 12.1 Å². The minimum absolute atomic E-state index is 0.131. The Morgan fingerprint density at radius 3 is 2.46 bits per heavy atom. The predicted molar refractivity (Wildman–Crippen MR) is 125 cm³/mol. The highest BCUT2D eigenvalue weighted by molar-refractivity contribution is 5.69. The highest BCUT2D eigenvalue weighted by Crippen LogP contribution is 2.36. The number of hydrogen-bond donors (Lipinski definition) is 3. The molecule has 196 valence electrons. The Bertz CT molecular complexity index is 834. The number of benzene rings is 1. The molecule has 1 aromatic carbocycles. The number of esters is 1. The Morgan fingerprint density at radius 1 is 1.14 bits per heavy atom. The van der Waals surface area contributed by atoms with Gasteiger partial charge in [-0.2, -0.15) is 13.2 Å². The van der Waals surface area contributed by atoms with Crippen molar-refractivity contribution >= 4 is 5.97 Å². The van der Waals surface area contributed by atoms with Gasteiger partial charge in [-0.15, -0.1) is 0 Å². The maximum atomic E-state index is 12.6. The number of allylic oxidation sites excluding steroid dienone is 2. The fourth-order valence-electron chi connectivity index (χ4n) is 4.00. The van der Waals surface area contributed by atoms with Crippen molar-refractivity contribution in [2.75, 3.05) is 6.61 Å². The van der Waals surface area contributed by atoms with E-state index in [-0.39, 0.29) is 42.7 Å². The number of carbonyl (C=O) groups excluding carboxylic acids is 1. The van der Waals surface area contributed by atoms with Crippen molar-refractivity contribution in [2.45, 2.75) is 76.5 Å². The lowest BCUT2D eigenvalue weighted by molar-refractivity contribution is -0.147. The van der Waals surface area contributed by atoms with Crippen molar-refractivity contribution in [2.24, 2.45) is 11.8 Å². The topological polar surface area (TPSA) is 96.2 Å². The number of carbonyl (C=O) groups is 1. The summed E-state index contributed by atoms with van der Waals surface area (Å²) < 4.78 is 48.3. The first-order valence-corrected chi connectivity index (χ1v) is 11.8. The molecule has 0 bridgehead atoms. The Morgan fingerprint density at radius 2 is 1.83 bits per heavy atom. The molecule has 3 N–H and O–H groups in total. The van der Waals surface area contributed by atoms with Gasteiger partial charge in [0, 0.05) is 18.8 Å². The van der Waals surface area contributed by atoms with Crippen LogP contribution in [0.15, 0.2) is 48.6 Å². The molecule has 0 aliphatic heterocycles. The van der Waals surface area contributed by atoms with Crippen LogP contribution in [-0.4, -0.2) is 52.3 Å². The Kier molecular flexibility index (Phi) is 11.3. The van der Waals surface area contributed by atoms with Gasteiger partial charge >= 0.3 is 12.1 Å². The van der Waals surface area contributed by atoms with Gasteiger partial charge < -0.3 is 24.8 Å². The van der Waals surface area contributed by atoms with Gasteiger partial charge in [-0.25, -0.2) is 0 Å². The van der Waals surface area contributed by atoms with E-state index in [2.05, 4.69) is 0 Å². The molecule has 6 nitrogen and oxygen atoms in total. The number of alkyl halides is 3. The zero-order chi connectivity index (χ0) is 26.0. The van der Waals surface area contributed by atoms with E-state index in [0.29, 0.717) is 25.7 Å². The number of ether oxygens (including phenoxy) is 2. The van der Waals surface area contributed by atoms with Crippen LogP contribution in [-0.2, 0) is 15.7 Å². The van der Waals surface area contributed by atoms with Crippen LogP contribution < -0.4 is 4.74 Å². The second-order valence-corrected chi connectivity index (χ2v) is 9.03. The van der Waals surface area contributed by atoms with E-state index >= 15 is 0 Å². The van der Waals surface area contributed by atoms with Crippen molar-refractivity contribution in [1.82, 2.24) is 0 Å². The number of hydrogen-bond acceptors (Lipinski definition) is 6. The molecule has 0 aromatic heterocycles. The summed E-state index contributed by atoms with van der Waals surface area (Å²) >= 11 is 0. The SMILES string of the molecule is CC(C)OC(=O)CCC/C=C/CC1C(O)CC(O)C1/C=C/C(O)COc1ccc(C(F)(F)F)cc1. The molecule has 2 rings (SSSR count). The second kappa shape index (κ2) is 13.7. The Labute approximate surface area is 204 Å². The van der Waals surface area contributed by atoms with Crippen LogP contribution in [0.3, 0.4) is 0 Å². The van der Waals surface area contributed by atoms with Crippen molar-refractivity contribution < 1.29 is 42.8 Å². The smallest absolute Gasteiger partial charge is 0.416 e. The fourth-order valence-corrected chi connectivity index (χ4v) is 4.00. The molecule has 35 heavy (non-hydrogen) atoms. The van der Waals surface area contributed by atoms with Crippen LogP contribution in [0.2, 0.25) is 0 Å². The highest BCUT2D eigenvalue weighted by Gasteiger charge is 2.39. The van der Waals surface area contributed by atoms with E-state index < -0.39 is 30.1 Å². The highest BCUT2D eigenvalue weighted by atomic mass is 19.4. The number of aliphatic hydroxyl groups excluding tert-OH is 3. The molecule has 5 atom stereocenters. The van der Waals surface area contributed by atoms with Gasteiger partial charge in [0.25, 0.3) is 0 Å².